The van der Waals surface area contributed by atoms with Gasteiger partial charge in [0.2, 0.25) is 0 Å². The van der Waals surface area contributed by atoms with E-state index in [1.807, 2.05) is 0 Å². The van der Waals surface area contributed by atoms with Crippen LogP contribution in [0.25, 0.3) is 5.57 Å². The van der Waals surface area contributed by atoms with Gasteiger partial charge in [-0.15, -0.1) is 0 Å². The fourth-order valence-electron chi connectivity index (χ4n) is 2.78. The van der Waals surface area contributed by atoms with Crippen molar-refractivity contribution in [1.29, 1.82) is 0 Å². The first-order chi connectivity index (χ1) is 7.46. The van der Waals surface area contributed by atoms with E-state index in [2.05, 4.69) is 65.0 Å². The van der Waals surface area contributed by atoms with Gasteiger partial charge in [-0.3, -0.25) is 0 Å². The van der Waals surface area contributed by atoms with Crippen molar-refractivity contribution >= 4 is 5.57 Å². The van der Waals surface area contributed by atoms with Crippen LogP contribution in [0.4, 0.5) is 0 Å². The van der Waals surface area contributed by atoms with Gasteiger partial charge in [-0.2, -0.15) is 0 Å². The predicted molar refractivity (Wildman–Crippen MR) is 71.2 cm³/mol. The molecule has 1 aromatic rings. The van der Waals surface area contributed by atoms with Crippen molar-refractivity contribution in [1.82, 2.24) is 0 Å². The van der Waals surface area contributed by atoms with E-state index in [0.29, 0.717) is 0 Å². The lowest BCUT2D eigenvalue weighted by Gasteiger charge is -2.26. The van der Waals surface area contributed by atoms with Crippen LogP contribution < -0.4 is 0 Å². The molecule has 2 rings (SSSR count). The third-order valence-electron chi connectivity index (χ3n) is 4.12. The molecular formula is C16H20. The molecule has 84 valence electrons. The SMILES string of the molecule is CC1=C(C)C(C)(C)C(c2ccccc2)=C1C. The molecule has 0 fully saturated rings. The highest BCUT2D eigenvalue weighted by Gasteiger charge is 2.34. The van der Waals surface area contributed by atoms with E-state index in [4.69, 9.17) is 0 Å². The summed E-state index contributed by atoms with van der Waals surface area (Å²) < 4.78 is 0. The molecule has 0 amide bonds. The van der Waals surface area contributed by atoms with Crippen LogP contribution in [0.3, 0.4) is 0 Å². The Bertz CT molecular complexity index is 470. The van der Waals surface area contributed by atoms with Gasteiger partial charge in [-0.1, -0.05) is 49.8 Å². The molecule has 16 heavy (non-hydrogen) atoms. The van der Waals surface area contributed by atoms with Crippen LogP contribution in [-0.4, -0.2) is 0 Å². The zero-order chi connectivity index (χ0) is 11.9. The van der Waals surface area contributed by atoms with E-state index >= 15 is 0 Å². The van der Waals surface area contributed by atoms with E-state index in [-0.39, 0.29) is 5.41 Å². The van der Waals surface area contributed by atoms with Gasteiger partial charge in [-0.25, -0.2) is 0 Å². The highest BCUT2D eigenvalue weighted by atomic mass is 14.4. The molecule has 1 aliphatic rings. The topological polar surface area (TPSA) is 0 Å². The first-order valence-electron chi connectivity index (χ1n) is 5.91. The molecule has 1 aromatic carbocycles. The van der Waals surface area contributed by atoms with Crippen LogP contribution in [0.15, 0.2) is 47.1 Å². The van der Waals surface area contributed by atoms with Gasteiger partial charge in [0.1, 0.15) is 0 Å². The Labute approximate surface area is 98.7 Å². The minimum atomic E-state index is 0.176. The molecule has 0 radical (unpaired) electrons. The van der Waals surface area contributed by atoms with Crippen LogP contribution >= 0.6 is 0 Å². The second-order valence-corrected chi connectivity index (χ2v) is 5.24. The molecule has 0 heterocycles. The Hall–Kier alpha value is -1.30. The molecule has 0 aromatic heterocycles. The fourth-order valence-corrected chi connectivity index (χ4v) is 2.78. The summed E-state index contributed by atoms with van der Waals surface area (Å²) in [6.45, 7) is 11.4. The van der Waals surface area contributed by atoms with Crippen molar-refractivity contribution in [3.8, 4) is 0 Å². The van der Waals surface area contributed by atoms with E-state index in [1.54, 1.807) is 0 Å². The Morgan fingerprint density at radius 3 is 1.81 bits per heavy atom. The van der Waals surface area contributed by atoms with Gasteiger partial charge in [0, 0.05) is 5.41 Å². The number of hydrogen-bond donors (Lipinski definition) is 0. The van der Waals surface area contributed by atoms with Crippen molar-refractivity contribution < 1.29 is 0 Å². The fraction of sp³-hybridized carbons (Fsp3) is 0.375. The second-order valence-electron chi connectivity index (χ2n) is 5.24. The Kier molecular flexibility index (Phi) is 2.53. The maximum Gasteiger partial charge on any atom is 0.0117 e. The number of allylic oxidation sites excluding steroid dienone is 4. The lowest BCUT2D eigenvalue weighted by atomic mass is 9.78. The minimum absolute atomic E-state index is 0.176. The lowest BCUT2D eigenvalue weighted by molar-refractivity contribution is 0.609. The van der Waals surface area contributed by atoms with Crippen molar-refractivity contribution in [3.05, 3.63) is 52.6 Å². The predicted octanol–water partition coefficient (Wildman–Crippen LogP) is 4.84. The normalized spacial score (nSPS) is 19.6. The molecule has 0 saturated heterocycles. The molecule has 0 nitrogen and oxygen atoms in total. The Morgan fingerprint density at radius 2 is 1.38 bits per heavy atom. The number of benzene rings is 1. The minimum Gasteiger partial charge on any atom is -0.0622 e. The molecule has 1 aliphatic carbocycles. The largest absolute Gasteiger partial charge is 0.0622 e. The van der Waals surface area contributed by atoms with Gasteiger partial charge in [0.15, 0.2) is 0 Å². The zero-order valence-electron chi connectivity index (χ0n) is 10.9. The molecule has 0 unspecified atom stereocenters. The molecular weight excluding hydrogens is 192 g/mol. The highest BCUT2D eigenvalue weighted by molar-refractivity contribution is 5.82. The van der Waals surface area contributed by atoms with E-state index in [0.717, 1.165) is 0 Å². The summed E-state index contributed by atoms with van der Waals surface area (Å²) in [5.41, 5.74) is 7.45. The Morgan fingerprint density at radius 1 is 0.812 bits per heavy atom. The van der Waals surface area contributed by atoms with Crippen LogP contribution in [-0.2, 0) is 0 Å². The third kappa shape index (κ3) is 1.44. The van der Waals surface area contributed by atoms with E-state index in [1.165, 1.54) is 27.9 Å². The molecule has 0 heteroatoms. The first kappa shape index (κ1) is 11.2. The summed E-state index contributed by atoms with van der Waals surface area (Å²) in [6, 6.07) is 10.7. The van der Waals surface area contributed by atoms with Gasteiger partial charge >= 0.3 is 0 Å². The second kappa shape index (κ2) is 3.62. The summed E-state index contributed by atoms with van der Waals surface area (Å²) in [5.74, 6) is 0. The van der Waals surface area contributed by atoms with Crippen molar-refractivity contribution in [2.24, 2.45) is 5.41 Å². The van der Waals surface area contributed by atoms with Crippen LogP contribution in [0.5, 0.6) is 0 Å². The summed E-state index contributed by atoms with van der Waals surface area (Å²) in [7, 11) is 0. The molecule has 0 atom stereocenters. The summed E-state index contributed by atoms with van der Waals surface area (Å²) in [4.78, 5) is 0. The van der Waals surface area contributed by atoms with Gasteiger partial charge in [0.05, 0.1) is 0 Å². The quantitative estimate of drug-likeness (QED) is 0.625. The molecule has 0 bridgehead atoms. The Balaban J connectivity index is 2.61. The monoisotopic (exact) mass is 212 g/mol. The number of rotatable bonds is 1. The molecule has 0 saturated carbocycles. The standard InChI is InChI=1S/C16H20/c1-11-12(2)15(16(4,5)13(11)3)14-9-7-6-8-10-14/h6-10H,1-5H3. The highest BCUT2D eigenvalue weighted by Crippen LogP contribution is 2.50. The lowest BCUT2D eigenvalue weighted by Crippen LogP contribution is -2.12. The smallest absolute Gasteiger partial charge is 0.0117 e. The zero-order valence-corrected chi connectivity index (χ0v) is 10.9. The van der Waals surface area contributed by atoms with E-state index in [9.17, 15) is 0 Å². The average Bonchev–Trinajstić information content (AvgIpc) is 2.41. The van der Waals surface area contributed by atoms with Crippen molar-refractivity contribution in [3.63, 3.8) is 0 Å². The van der Waals surface area contributed by atoms with Crippen LogP contribution in [0, 0.1) is 5.41 Å². The average molecular weight is 212 g/mol. The summed E-state index contributed by atoms with van der Waals surface area (Å²) >= 11 is 0. The first-order valence-corrected chi connectivity index (χ1v) is 5.91. The van der Waals surface area contributed by atoms with E-state index < -0.39 is 0 Å². The molecule has 0 aliphatic heterocycles. The molecule has 0 N–H and O–H groups in total. The van der Waals surface area contributed by atoms with Gasteiger partial charge in [-0.05, 0) is 43.1 Å². The van der Waals surface area contributed by atoms with Gasteiger partial charge in [0.25, 0.3) is 0 Å². The number of hydrogen-bond acceptors (Lipinski definition) is 0. The maximum absolute atomic E-state index is 2.32. The summed E-state index contributed by atoms with van der Waals surface area (Å²) in [6.07, 6.45) is 0. The third-order valence-corrected chi connectivity index (χ3v) is 4.12. The van der Waals surface area contributed by atoms with Crippen LogP contribution in [0.2, 0.25) is 0 Å². The van der Waals surface area contributed by atoms with Gasteiger partial charge < -0.3 is 0 Å². The maximum atomic E-state index is 2.32. The van der Waals surface area contributed by atoms with Crippen molar-refractivity contribution in [2.75, 3.05) is 0 Å². The van der Waals surface area contributed by atoms with Crippen molar-refractivity contribution in [2.45, 2.75) is 34.6 Å². The summed E-state index contributed by atoms with van der Waals surface area (Å²) in [5, 5.41) is 0. The molecule has 0 spiro atoms. The van der Waals surface area contributed by atoms with Crippen LogP contribution in [0.1, 0.15) is 40.2 Å².